The lowest BCUT2D eigenvalue weighted by Gasteiger charge is -2.32. The first kappa shape index (κ1) is 14.6. The van der Waals surface area contributed by atoms with Crippen LogP contribution in [0.15, 0.2) is 31.0 Å². The molecule has 22 heavy (non-hydrogen) atoms. The molecule has 0 spiro atoms. The Bertz CT molecular complexity index is 629. The standard InChI is InChI=1S/C15H19N5O2/c1-12-17-4-2-13(18-12)14-10-20(8-9-22-14)15(21)3-6-19-7-5-16-11-19/h2,4-5,7,11,14H,3,6,8-10H2,1H3. The summed E-state index contributed by atoms with van der Waals surface area (Å²) in [7, 11) is 0. The molecule has 0 aliphatic carbocycles. The van der Waals surface area contributed by atoms with Gasteiger partial charge in [0.25, 0.3) is 0 Å². The average molecular weight is 301 g/mol. The minimum atomic E-state index is -0.173. The van der Waals surface area contributed by atoms with E-state index in [9.17, 15) is 4.79 Å². The van der Waals surface area contributed by atoms with Gasteiger partial charge in [-0.25, -0.2) is 15.0 Å². The molecule has 0 N–H and O–H groups in total. The highest BCUT2D eigenvalue weighted by atomic mass is 16.5. The Kier molecular flexibility index (Phi) is 4.43. The summed E-state index contributed by atoms with van der Waals surface area (Å²) >= 11 is 0. The van der Waals surface area contributed by atoms with E-state index in [-0.39, 0.29) is 12.0 Å². The van der Waals surface area contributed by atoms with Crippen LogP contribution in [0.4, 0.5) is 0 Å². The van der Waals surface area contributed by atoms with Gasteiger partial charge >= 0.3 is 0 Å². The predicted molar refractivity (Wildman–Crippen MR) is 78.9 cm³/mol. The zero-order valence-electron chi connectivity index (χ0n) is 12.6. The van der Waals surface area contributed by atoms with Crippen molar-refractivity contribution < 1.29 is 9.53 Å². The van der Waals surface area contributed by atoms with Crippen LogP contribution in [0.1, 0.15) is 24.0 Å². The van der Waals surface area contributed by atoms with Crippen molar-refractivity contribution in [2.45, 2.75) is 26.0 Å². The summed E-state index contributed by atoms with van der Waals surface area (Å²) in [5.41, 5.74) is 0.833. The highest BCUT2D eigenvalue weighted by Crippen LogP contribution is 2.20. The first-order valence-corrected chi connectivity index (χ1v) is 7.37. The second kappa shape index (κ2) is 6.65. The summed E-state index contributed by atoms with van der Waals surface area (Å²) in [6, 6.07) is 1.84. The van der Waals surface area contributed by atoms with E-state index in [1.165, 1.54) is 0 Å². The van der Waals surface area contributed by atoms with E-state index in [1.54, 1.807) is 18.7 Å². The van der Waals surface area contributed by atoms with Gasteiger partial charge in [0.1, 0.15) is 11.9 Å². The van der Waals surface area contributed by atoms with Crippen LogP contribution >= 0.6 is 0 Å². The smallest absolute Gasteiger partial charge is 0.224 e. The topological polar surface area (TPSA) is 73.1 Å². The third kappa shape index (κ3) is 3.48. The average Bonchev–Trinajstić information content (AvgIpc) is 3.06. The van der Waals surface area contributed by atoms with Crippen LogP contribution in [-0.2, 0) is 16.1 Å². The molecular formula is C15H19N5O2. The van der Waals surface area contributed by atoms with Crippen molar-refractivity contribution in [2.24, 2.45) is 0 Å². The van der Waals surface area contributed by atoms with E-state index < -0.39 is 0 Å². The third-order valence-electron chi connectivity index (χ3n) is 3.69. The van der Waals surface area contributed by atoms with Gasteiger partial charge in [0, 0.05) is 38.1 Å². The first-order chi connectivity index (χ1) is 10.7. The Morgan fingerprint density at radius 2 is 2.36 bits per heavy atom. The van der Waals surface area contributed by atoms with Gasteiger partial charge in [-0.2, -0.15) is 0 Å². The molecule has 116 valence electrons. The summed E-state index contributed by atoms with van der Waals surface area (Å²) in [5, 5.41) is 0. The Morgan fingerprint density at radius 1 is 1.45 bits per heavy atom. The van der Waals surface area contributed by atoms with Gasteiger partial charge in [-0.15, -0.1) is 0 Å². The van der Waals surface area contributed by atoms with Crippen LogP contribution in [0.3, 0.4) is 0 Å². The van der Waals surface area contributed by atoms with E-state index in [0.29, 0.717) is 38.5 Å². The van der Waals surface area contributed by atoms with Crippen LogP contribution in [0, 0.1) is 6.92 Å². The minimum absolute atomic E-state index is 0.132. The lowest BCUT2D eigenvalue weighted by Crippen LogP contribution is -2.42. The lowest BCUT2D eigenvalue weighted by atomic mass is 10.2. The number of morpholine rings is 1. The number of aryl methyl sites for hydroxylation is 2. The van der Waals surface area contributed by atoms with Crippen LogP contribution in [0.5, 0.6) is 0 Å². The second-order valence-electron chi connectivity index (χ2n) is 5.28. The van der Waals surface area contributed by atoms with Crippen molar-refractivity contribution in [1.29, 1.82) is 0 Å². The maximum absolute atomic E-state index is 12.3. The van der Waals surface area contributed by atoms with Gasteiger partial charge in [0.05, 0.1) is 25.2 Å². The van der Waals surface area contributed by atoms with Crippen molar-refractivity contribution in [1.82, 2.24) is 24.4 Å². The Labute approximate surface area is 129 Å². The highest BCUT2D eigenvalue weighted by molar-refractivity contribution is 5.76. The number of nitrogens with zero attached hydrogens (tertiary/aromatic N) is 5. The summed E-state index contributed by atoms with van der Waals surface area (Å²) in [6.07, 6.45) is 7.31. The van der Waals surface area contributed by atoms with Crippen molar-refractivity contribution in [3.63, 3.8) is 0 Å². The molecule has 1 atom stereocenters. The molecule has 0 radical (unpaired) electrons. The Hall–Kier alpha value is -2.28. The third-order valence-corrected chi connectivity index (χ3v) is 3.69. The van der Waals surface area contributed by atoms with Crippen molar-refractivity contribution in [3.05, 3.63) is 42.5 Å². The van der Waals surface area contributed by atoms with Gasteiger partial charge in [0.15, 0.2) is 0 Å². The first-order valence-electron chi connectivity index (χ1n) is 7.37. The molecule has 0 aromatic carbocycles. The summed E-state index contributed by atoms with van der Waals surface area (Å²) < 4.78 is 7.66. The molecule has 0 saturated carbocycles. The maximum Gasteiger partial charge on any atom is 0.224 e. The number of imidazole rings is 1. The lowest BCUT2D eigenvalue weighted by molar-refractivity contribution is -0.139. The van der Waals surface area contributed by atoms with Crippen LogP contribution in [0.2, 0.25) is 0 Å². The van der Waals surface area contributed by atoms with Crippen LogP contribution < -0.4 is 0 Å². The molecular weight excluding hydrogens is 282 g/mol. The molecule has 1 aliphatic heterocycles. The molecule has 2 aromatic rings. The van der Waals surface area contributed by atoms with E-state index in [4.69, 9.17) is 4.74 Å². The molecule has 1 aliphatic rings. The normalized spacial score (nSPS) is 18.4. The molecule has 1 saturated heterocycles. The maximum atomic E-state index is 12.3. The monoisotopic (exact) mass is 301 g/mol. The van der Waals surface area contributed by atoms with Gasteiger partial charge < -0.3 is 14.2 Å². The SMILES string of the molecule is Cc1nccc(C2CN(C(=O)CCn3ccnc3)CCO2)n1. The molecule has 1 amide bonds. The minimum Gasteiger partial charge on any atom is -0.368 e. The number of ether oxygens (including phenoxy) is 1. The summed E-state index contributed by atoms with van der Waals surface area (Å²) in [4.78, 5) is 26.6. The van der Waals surface area contributed by atoms with Gasteiger partial charge in [-0.05, 0) is 13.0 Å². The van der Waals surface area contributed by atoms with Gasteiger partial charge in [-0.3, -0.25) is 4.79 Å². The largest absolute Gasteiger partial charge is 0.368 e. The van der Waals surface area contributed by atoms with Crippen molar-refractivity contribution >= 4 is 5.91 Å². The molecule has 1 fully saturated rings. The predicted octanol–water partition coefficient (Wildman–Crippen LogP) is 0.972. The fraction of sp³-hybridized carbons (Fsp3) is 0.467. The quantitative estimate of drug-likeness (QED) is 0.841. The number of amides is 1. The van der Waals surface area contributed by atoms with E-state index in [0.717, 1.165) is 5.69 Å². The molecule has 0 bridgehead atoms. The van der Waals surface area contributed by atoms with Crippen molar-refractivity contribution in [3.8, 4) is 0 Å². The molecule has 7 nitrogen and oxygen atoms in total. The molecule has 2 aromatic heterocycles. The van der Waals surface area contributed by atoms with E-state index in [1.807, 2.05) is 28.7 Å². The van der Waals surface area contributed by atoms with Crippen molar-refractivity contribution in [2.75, 3.05) is 19.7 Å². The number of hydrogen-bond acceptors (Lipinski definition) is 5. The fourth-order valence-electron chi connectivity index (χ4n) is 2.51. The summed E-state index contributed by atoms with van der Waals surface area (Å²) in [5.74, 6) is 0.845. The second-order valence-corrected chi connectivity index (χ2v) is 5.28. The number of rotatable bonds is 4. The highest BCUT2D eigenvalue weighted by Gasteiger charge is 2.26. The number of hydrogen-bond donors (Lipinski definition) is 0. The van der Waals surface area contributed by atoms with Crippen LogP contribution in [0.25, 0.3) is 0 Å². The Morgan fingerprint density at radius 3 is 3.14 bits per heavy atom. The number of carbonyl (C=O) groups is 1. The molecule has 3 rings (SSSR count). The fourth-order valence-corrected chi connectivity index (χ4v) is 2.51. The van der Waals surface area contributed by atoms with E-state index in [2.05, 4.69) is 15.0 Å². The zero-order chi connectivity index (χ0) is 15.4. The molecule has 1 unspecified atom stereocenters. The summed E-state index contributed by atoms with van der Waals surface area (Å²) in [6.45, 7) is 4.20. The van der Waals surface area contributed by atoms with Gasteiger partial charge in [-0.1, -0.05) is 0 Å². The van der Waals surface area contributed by atoms with Gasteiger partial charge in [0.2, 0.25) is 5.91 Å². The molecule has 3 heterocycles. The number of aromatic nitrogens is 4. The zero-order valence-corrected chi connectivity index (χ0v) is 12.6. The van der Waals surface area contributed by atoms with E-state index >= 15 is 0 Å². The Balaban J connectivity index is 1.59. The number of carbonyl (C=O) groups excluding carboxylic acids is 1. The van der Waals surface area contributed by atoms with Crippen LogP contribution in [-0.4, -0.2) is 50.0 Å². The molecule has 7 heteroatoms.